The smallest absolute Gasteiger partial charge is 0.259 e. The van der Waals surface area contributed by atoms with Crippen molar-refractivity contribution in [3.05, 3.63) is 59.7 Å². The molecular weight excluding hydrogens is 250 g/mol. The Kier molecular flexibility index (Phi) is 3.79. The predicted octanol–water partition coefficient (Wildman–Crippen LogP) is 3.94. The molecule has 3 heteroatoms. The maximum absolute atomic E-state index is 12.0. The molecule has 104 valence electrons. The molecule has 0 heterocycles. The summed E-state index contributed by atoms with van der Waals surface area (Å²) in [7, 11) is 0. The van der Waals surface area contributed by atoms with Crippen LogP contribution < -0.4 is 5.32 Å². The standard InChI is InChI=1S/C17H19NO2/c1-17(2,3)12-8-10-13(11-9-12)18-16(20)14-6-4-5-7-15(14)19/h4-11,19H,1-3H3,(H,18,20). The summed E-state index contributed by atoms with van der Waals surface area (Å²) in [6.45, 7) is 6.42. The van der Waals surface area contributed by atoms with Crippen LogP contribution in [0.1, 0.15) is 36.7 Å². The first-order chi connectivity index (χ1) is 9.38. The van der Waals surface area contributed by atoms with Gasteiger partial charge in [0.1, 0.15) is 5.75 Å². The lowest BCUT2D eigenvalue weighted by molar-refractivity contribution is 0.102. The number of amides is 1. The third-order valence-electron chi connectivity index (χ3n) is 3.16. The second kappa shape index (κ2) is 5.37. The summed E-state index contributed by atoms with van der Waals surface area (Å²) in [5.74, 6) is -0.331. The molecule has 3 nitrogen and oxygen atoms in total. The number of carbonyl (C=O) groups excluding carboxylic acids is 1. The van der Waals surface area contributed by atoms with E-state index >= 15 is 0 Å². The molecule has 0 bridgehead atoms. The van der Waals surface area contributed by atoms with Crippen LogP contribution >= 0.6 is 0 Å². The lowest BCUT2D eigenvalue weighted by Gasteiger charge is -2.19. The van der Waals surface area contributed by atoms with Crippen molar-refractivity contribution in [1.29, 1.82) is 0 Å². The molecule has 0 radical (unpaired) electrons. The van der Waals surface area contributed by atoms with Crippen LogP contribution in [0.15, 0.2) is 48.5 Å². The summed E-state index contributed by atoms with van der Waals surface area (Å²) in [4.78, 5) is 12.0. The van der Waals surface area contributed by atoms with E-state index in [1.165, 1.54) is 11.6 Å². The fraction of sp³-hybridized carbons (Fsp3) is 0.235. The quantitative estimate of drug-likeness (QED) is 0.867. The molecule has 20 heavy (non-hydrogen) atoms. The van der Waals surface area contributed by atoms with Crippen molar-refractivity contribution in [2.24, 2.45) is 0 Å². The van der Waals surface area contributed by atoms with E-state index < -0.39 is 0 Å². The van der Waals surface area contributed by atoms with Crippen molar-refractivity contribution in [3.8, 4) is 5.75 Å². The van der Waals surface area contributed by atoms with Gasteiger partial charge in [0.15, 0.2) is 0 Å². The summed E-state index contributed by atoms with van der Waals surface area (Å²) >= 11 is 0. The van der Waals surface area contributed by atoms with Crippen LogP contribution in [0.5, 0.6) is 5.75 Å². The van der Waals surface area contributed by atoms with Crippen LogP contribution in [0.2, 0.25) is 0 Å². The number of hydrogen-bond acceptors (Lipinski definition) is 2. The van der Waals surface area contributed by atoms with Gasteiger partial charge in [-0.25, -0.2) is 0 Å². The first-order valence-corrected chi connectivity index (χ1v) is 6.58. The molecule has 0 saturated heterocycles. The molecule has 2 aromatic rings. The first kappa shape index (κ1) is 14.1. The van der Waals surface area contributed by atoms with Gasteiger partial charge in [-0.05, 0) is 35.2 Å². The van der Waals surface area contributed by atoms with E-state index in [4.69, 9.17) is 0 Å². The molecule has 0 aliphatic rings. The largest absolute Gasteiger partial charge is 0.507 e. The lowest BCUT2D eigenvalue weighted by Crippen LogP contribution is -2.13. The summed E-state index contributed by atoms with van der Waals surface area (Å²) < 4.78 is 0. The number of nitrogens with one attached hydrogen (secondary N) is 1. The van der Waals surface area contributed by atoms with Gasteiger partial charge in [0, 0.05) is 5.69 Å². The average Bonchev–Trinajstić information content (AvgIpc) is 2.38. The third-order valence-corrected chi connectivity index (χ3v) is 3.16. The molecule has 0 unspecified atom stereocenters. The highest BCUT2D eigenvalue weighted by molar-refractivity contribution is 6.06. The minimum Gasteiger partial charge on any atom is -0.507 e. The fourth-order valence-electron chi connectivity index (χ4n) is 1.92. The maximum Gasteiger partial charge on any atom is 0.259 e. The van der Waals surface area contributed by atoms with Gasteiger partial charge in [-0.2, -0.15) is 0 Å². The Morgan fingerprint density at radius 2 is 1.60 bits per heavy atom. The molecule has 2 N–H and O–H groups in total. The van der Waals surface area contributed by atoms with Crippen molar-refractivity contribution < 1.29 is 9.90 Å². The molecule has 2 aromatic carbocycles. The Morgan fingerprint density at radius 1 is 1.00 bits per heavy atom. The van der Waals surface area contributed by atoms with Crippen molar-refractivity contribution in [3.63, 3.8) is 0 Å². The Morgan fingerprint density at radius 3 is 2.15 bits per heavy atom. The normalized spacial score (nSPS) is 11.2. The zero-order valence-electron chi connectivity index (χ0n) is 12.0. The van der Waals surface area contributed by atoms with E-state index in [1.807, 2.05) is 24.3 Å². The minimum atomic E-state index is -0.313. The Hall–Kier alpha value is -2.29. The molecule has 0 atom stereocenters. The van der Waals surface area contributed by atoms with Crippen LogP contribution in [-0.2, 0) is 5.41 Å². The first-order valence-electron chi connectivity index (χ1n) is 6.58. The summed E-state index contributed by atoms with van der Waals surface area (Å²) in [5.41, 5.74) is 2.27. The molecule has 2 rings (SSSR count). The molecule has 0 spiro atoms. The maximum atomic E-state index is 12.0. The molecule has 1 amide bonds. The minimum absolute atomic E-state index is 0.0173. The third kappa shape index (κ3) is 3.18. The Bertz CT molecular complexity index is 610. The molecular formula is C17H19NO2. The van der Waals surface area contributed by atoms with Crippen LogP contribution in [0.3, 0.4) is 0 Å². The summed E-state index contributed by atoms with van der Waals surface area (Å²) in [6, 6.07) is 14.2. The van der Waals surface area contributed by atoms with Gasteiger partial charge in [0.25, 0.3) is 5.91 Å². The SMILES string of the molecule is CC(C)(C)c1ccc(NC(=O)c2ccccc2O)cc1. The Labute approximate surface area is 119 Å². The van der Waals surface area contributed by atoms with Gasteiger partial charge >= 0.3 is 0 Å². The number of rotatable bonds is 2. The number of aromatic hydroxyl groups is 1. The fourth-order valence-corrected chi connectivity index (χ4v) is 1.92. The van der Waals surface area contributed by atoms with Crippen LogP contribution in [0, 0.1) is 0 Å². The molecule has 0 aliphatic carbocycles. The van der Waals surface area contributed by atoms with Crippen molar-refractivity contribution in [2.75, 3.05) is 5.32 Å². The average molecular weight is 269 g/mol. The van der Waals surface area contributed by atoms with E-state index in [0.29, 0.717) is 5.69 Å². The summed E-state index contributed by atoms with van der Waals surface area (Å²) in [6.07, 6.45) is 0. The van der Waals surface area contributed by atoms with E-state index in [2.05, 4.69) is 26.1 Å². The van der Waals surface area contributed by atoms with Gasteiger partial charge in [-0.3, -0.25) is 4.79 Å². The number of para-hydroxylation sites is 1. The summed E-state index contributed by atoms with van der Waals surface area (Å²) in [5, 5.41) is 12.4. The highest BCUT2D eigenvalue weighted by Gasteiger charge is 2.14. The zero-order chi connectivity index (χ0) is 14.8. The number of benzene rings is 2. The number of phenolic OH excluding ortho intramolecular Hbond substituents is 1. The van der Waals surface area contributed by atoms with E-state index in [-0.39, 0.29) is 22.6 Å². The zero-order valence-corrected chi connectivity index (χ0v) is 12.0. The van der Waals surface area contributed by atoms with E-state index in [1.54, 1.807) is 18.2 Å². The van der Waals surface area contributed by atoms with Crippen LogP contribution in [0.25, 0.3) is 0 Å². The number of carbonyl (C=O) groups is 1. The van der Waals surface area contributed by atoms with Crippen molar-refractivity contribution >= 4 is 11.6 Å². The highest BCUT2D eigenvalue weighted by Crippen LogP contribution is 2.24. The van der Waals surface area contributed by atoms with Gasteiger partial charge in [0.05, 0.1) is 5.56 Å². The topological polar surface area (TPSA) is 49.3 Å². The van der Waals surface area contributed by atoms with E-state index in [0.717, 1.165) is 0 Å². The number of phenols is 1. The predicted molar refractivity (Wildman–Crippen MR) is 81.2 cm³/mol. The van der Waals surface area contributed by atoms with Crippen LogP contribution in [0.4, 0.5) is 5.69 Å². The second-order valence-corrected chi connectivity index (χ2v) is 5.80. The number of hydrogen-bond donors (Lipinski definition) is 2. The van der Waals surface area contributed by atoms with E-state index in [9.17, 15) is 9.90 Å². The lowest BCUT2D eigenvalue weighted by atomic mass is 9.87. The monoisotopic (exact) mass is 269 g/mol. The van der Waals surface area contributed by atoms with Gasteiger partial charge < -0.3 is 10.4 Å². The molecule has 0 aliphatic heterocycles. The Balaban J connectivity index is 2.15. The highest BCUT2D eigenvalue weighted by atomic mass is 16.3. The molecule has 0 saturated carbocycles. The van der Waals surface area contributed by atoms with Gasteiger partial charge in [-0.15, -0.1) is 0 Å². The molecule has 0 fully saturated rings. The van der Waals surface area contributed by atoms with Gasteiger partial charge in [0.2, 0.25) is 0 Å². The van der Waals surface area contributed by atoms with Crippen molar-refractivity contribution in [1.82, 2.24) is 0 Å². The van der Waals surface area contributed by atoms with Crippen LogP contribution in [-0.4, -0.2) is 11.0 Å². The van der Waals surface area contributed by atoms with Gasteiger partial charge in [-0.1, -0.05) is 45.0 Å². The molecule has 0 aromatic heterocycles. The number of anilines is 1. The van der Waals surface area contributed by atoms with Crippen molar-refractivity contribution in [2.45, 2.75) is 26.2 Å². The second-order valence-electron chi connectivity index (χ2n) is 5.80.